The molecule has 1 aliphatic heterocycles. The largest absolute Gasteiger partial charge is 0.483 e. The minimum Gasteiger partial charge on any atom is -0.483 e. The molecule has 3 aromatic rings. The van der Waals surface area contributed by atoms with Crippen LogP contribution in [-0.4, -0.2) is 32.6 Å². The molecule has 1 aromatic heterocycles. The molecule has 1 fully saturated rings. The molecule has 2 amide bonds. The number of nitrogens with one attached hydrogen (secondary N) is 1. The highest BCUT2D eigenvalue weighted by Crippen LogP contribution is 2.37. The van der Waals surface area contributed by atoms with Crippen LogP contribution in [0.1, 0.15) is 5.56 Å². The molecule has 166 valence electrons. The Balaban J connectivity index is 1.59. The van der Waals surface area contributed by atoms with E-state index in [0.29, 0.717) is 15.1 Å². The molecular formula is C21H14N4O5S3. The number of carbonyl (C=O) groups excluding carboxylic acids is 2. The highest BCUT2D eigenvalue weighted by atomic mass is 32.2. The summed E-state index contributed by atoms with van der Waals surface area (Å²) in [4.78, 5) is 41.5. The number of rotatable bonds is 7. The number of aromatic nitrogens is 1. The summed E-state index contributed by atoms with van der Waals surface area (Å²) in [6.45, 7) is -0.344. The lowest BCUT2D eigenvalue weighted by molar-refractivity contribution is -0.384. The van der Waals surface area contributed by atoms with Gasteiger partial charge in [-0.2, -0.15) is 0 Å². The standard InChI is InChI=1S/C21H14N4O5S3/c26-18(23-20-22-8-9-32-20)12-30-16-7-6-15(25(28)29)10-13(16)11-17-19(27)24(21(31)33-17)14-4-2-1-3-5-14/h1-11H,12H2,(H,22,23,26). The molecule has 0 radical (unpaired) electrons. The van der Waals surface area contributed by atoms with Crippen LogP contribution in [0.25, 0.3) is 6.08 Å². The number of benzene rings is 2. The van der Waals surface area contributed by atoms with Gasteiger partial charge in [-0.25, -0.2) is 4.98 Å². The molecule has 12 heteroatoms. The van der Waals surface area contributed by atoms with E-state index < -0.39 is 10.8 Å². The van der Waals surface area contributed by atoms with E-state index in [9.17, 15) is 19.7 Å². The van der Waals surface area contributed by atoms with E-state index in [1.54, 1.807) is 35.8 Å². The number of nitro groups is 1. The Labute approximate surface area is 201 Å². The van der Waals surface area contributed by atoms with E-state index in [-0.39, 0.29) is 34.4 Å². The molecule has 0 aliphatic carbocycles. The number of nitrogens with zero attached hydrogens (tertiary/aromatic N) is 3. The Bertz CT molecular complexity index is 1260. The summed E-state index contributed by atoms with van der Waals surface area (Å²) in [5.41, 5.74) is 0.719. The summed E-state index contributed by atoms with van der Waals surface area (Å²) in [6, 6.07) is 12.9. The van der Waals surface area contributed by atoms with Gasteiger partial charge in [-0.1, -0.05) is 42.2 Å². The number of amides is 2. The van der Waals surface area contributed by atoms with Crippen LogP contribution in [0.15, 0.2) is 65.0 Å². The Morgan fingerprint density at radius 1 is 1.27 bits per heavy atom. The van der Waals surface area contributed by atoms with Gasteiger partial charge in [-0.3, -0.25) is 29.9 Å². The molecule has 0 saturated carbocycles. The number of hydrogen-bond donors (Lipinski definition) is 1. The van der Waals surface area contributed by atoms with Crippen molar-refractivity contribution in [3.63, 3.8) is 0 Å². The number of carbonyl (C=O) groups is 2. The van der Waals surface area contributed by atoms with Gasteiger partial charge in [-0.05, 0) is 24.3 Å². The maximum absolute atomic E-state index is 13.0. The highest BCUT2D eigenvalue weighted by Gasteiger charge is 2.33. The summed E-state index contributed by atoms with van der Waals surface area (Å²) in [5.74, 6) is -0.584. The van der Waals surface area contributed by atoms with Crippen LogP contribution in [0.2, 0.25) is 0 Å². The number of thiocarbonyl (C=S) groups is 1. The normalized spacial score (nSPS) is 14.5. The maximum atomic E-state index is 13.0. The van der Waals surface area contributed by atoms with Gasteiger partial charge in [0.25, 0.3) is 17.5 Å². The number of hydrogen-bond acceptors (Lipinski definition) is 9. The van der Waals surface area contributed by atoms with Crippen LogP contribution >= 0.6 is 35.3 Å². The molecule has 2 aromatic carbocycles. The van der Waals surface area contributed by atoms with Crippen molar-refractivity contribution >= 4 is 74.0 Å². The van der Waals surface area contributed by atoms with Crippen molar-refractivity contribution in [2.45, 2.75) is 0 Å². The fraction of sp³-hybridized carbons (Fsp3) is 0.0476. The zero-order chi connectivity index (χ0) is 23.4. The lowest BCUT2D eigenvalue weighted by atomic mass is 10.1. The molecule has 0 spiro atoms. The molecule has 1 N–H and O–H groups in total. The fourth-order valence-electron chi connectivity index (χ4n) is 2.89. The first kappa shape index (κ1) is 22.6. The number of nitro benzene ring substituents is 1. The Morgan fingerprint density at radius 3 is 2.76 bits per heavy atom. The zero-order valence-corrected chi connectivity index (χ0v) is 19.1. The number of non-ortho nitro benzene ring substituents is 1. The molecule has 0 atom stereocenters. The Kier molecular flexibility index (Phi) is 6.77. The summed E-state index contributed by atoms with van der Waals surface area (Å²) < 4.78 is 5.94. The van der Waals surface area contributed by atoms with Crippen LogP contribution in [-0.2, 0) is 9.59 Å². The van der Waals surface area contributed by atoms with Crippen molar-refractivity contribution in [2.75, 3.05) is 16.8 Å². The number of anilines is 2. The minimum absolute atomic E-state index is 0.181. The number of ether oxygens (including phenoxy) is 1. The van der Waals surface area contributed by atoms with Gasteiger partial charge >= 0.3 is 0 Å². The van der Waals surface area contributed by atoms with Gasteiger partial charge in [0.15, 0.2) is 16.1 Å². The Hall–Kier alpha value is -3.61. The number of para-hydroxylation sites is 1. The van der Waals surface area contributed by atoms with E-state index >= 15 is 0 Å². The summed E-state index contributed by atoms with van der Waals surface area (Å²) in [5, 5.41) is 16.0. The van der Waals surface area contributed by atoms with Gasteiger partial charge in [-0.15, -0.1) is 11.3 Å². The van der Waals surface area contributed by atoms with Gasteiger partial charge in [0, 0.05) is 29.3 Å². The van der Waals surface area contributed by atoms with E-state index in [1.165, 1.54) is 40.5 Å². The van der Waals surface area contributed by atoms with E-state index in [0.717, 1.165) is 11.8 Å². The lowest BCUT2D eigenvalue weighted by Gasteiger charge is -2.14. The van der Waals surface area contributed by atoms with Crippen LogP contribution in [0.3, 0.4) is 0 Å². The van der Waals surface area contributed by atoms with E-state index in [4.69, 9.17) is 17.0 Å². The van der Waals surface area contributed by atoms with Crippen molar-refractivity contribution in [1.29, 1.82) is 0 Å². The molecule has 0 bridgehead atoms. The number of thioether (sulfide) groups is 1. The third-order valence-corrected chi connectivity index (χ3v) is 6.33. The lowest BCUT2D eigenvalue weighted by Crippen LogP contribution is -2.27. The van der Waals surface area contributed by atoms with E-state index in [1.807, 2.05) is 6.07 Å². The summed E-state index contributed by atoms with van der Waals surface area (Å²) >= 11 is 7.70. The molecular weight excluding hydrogens is 484 g/mol. The van der Waals surface area contributed by atoms with Crippen molar-refractivity contribution in [3.8, 4) is 5.75 Å². The summed E-state index contributed by atoms with van der Waals surface area (Å²) in [7, 11) is 0. The van der Waals surface area contributed by atoms with Crippen molar-refractivity contribution in [2.24, 2.45) is 0 Å². The third kappa shape index (κ3) is 5.25. The van der Waals surface area contributed by atoms with Crippen molar-refractivity contribution in [1.82, 2.24) is 4.98 Å². The second kappa shape index (κ2) is 9.90. The molecule has 1 saturated heterocycles. The molecule has 9 nitrogen and oxygen atoms in total. The predicted molar refractivity (Wildman–Crippen MR) is 131 cm³/mol. The minimum atomic E-state index is -0.550. The fourth-order valence-corrected chi connectivity index (χ4v) is 4.72. The van der Waals surface area contributed by atoms with Gasteiger partial charge in [0.05, 0.1) is 15.5 Å². The third-order valence-electron chi connectivity index (χ3n) is 4.34. The van der Waals surface area contributed by atoms with Crippen LogP contribution in [0.4, 0.5) is 16.5 Å². The first-order valence-electron chi connectivity index (χ1n) is 9.36. The second-order valence-corrected chi connectivity index (χ2v) is 9.08. The van der Waals surface area contributed by atoms with Gasteiger partial charge < -0.3 is 4.74 Å². The van der Waals surface area contributed by atoms with Crippen molar-refractivity contribution in [3.05, 3.63) is 80.7 Å². The summed E-state index contributed by atoms with van der Waals surface area (Å²) in [6.07, 6.45) is 3.03. The molecule has 4 rings (SSSR count). The Morgan fingerprint density at radius 2 is 2.06 bits per heavy atom. The zero-order valence-electron chi connectivity index (χ0n) is 16.7. The molecule has 33 heavy (non-hydrogen) atoms. The van der Waals surface area contributed by atoms with Crippen LogP contribution in [0.5, 0.6) is 5.75 Å². The average Bonchev–Trinajstić information content (AvgIpc) is 3.40. The van der Waals surface area contributed by atoms with E-state index in [2.05, 4.69) is 10.3 Å². The topological polar surface area (TPSA) is 115 Å². The predicted octanol–water partition coefficient (Wildman–Crippen LogP) is 4.47. The first-order valence-corrected chi connectivity index (χ1v) is 11.5. The quantitative estimate of drug-likeness (QED) is 0.220. The highest BCUT2D eigenvalue weighted by molar-refractivity contribution is 8.27. The molecule has 0 unspecified atom stereocenters. The average molecular weight is 499 g/mol. The first-order chi connectivity index (χ1) is 15.9. The van der Waals surface area contributed by atoms with Crippen LogP contribution < -0.4 is 15.0 Å². The smallest absolute Gasteiger partial charge is 0.270 e. The molecule has 2 heterocycles. The monoisotopic (exact) mass is 498 g/mol. The SMILES string of the molecule is O=C(COc1ccc([N+](=O)[O-])cc1C=C1SC(=S)N(c2ccccc2)C1=O)Nc1nccs1. The van der Waals surface area contributed by atoms with Crippen LogP contribution in [0, 0.1) is 10.1 Å². The van der Waals surface area contributed by atoms with Gasteiger partial charge in [0.2, 0.25) is 0 Å². The molecule has 1 aliphatic rings. The maximum Gasteiger partial charge on any atom is 0.270 e. The van der Waals surface area contributed by atoms with Gasteiger partial charge in [0.1, 0.15) is 5.75 Å². The second-order valence-electron chi connectivity index (χ2n) is 6.51. The number of thiazole rings is 1. The van der Waals surface area contributed by atoms with Crippen molar-refractivity contribution < 1.29 is 19.2 Å².